The van der Waals surface area contributed by atoms with Gasteiger partial charge in [0.25, 0.3) is 0 Å². The average molecular weight is 348 g/mol. The normalized spacial score (nSPS) is 17.5. The highest BCUT2D eigenvalue weighted by atomic mass is 19.4. The summed E-state index contributed by atoms with van der Waals surface area (Å²) in [5.41, 5.74) is -1.13. The van der Waals surface area contributed by atoms with Crippen molar-refractivity contribution in [1.29, 1.82) is 0 Å². The van der Waals surface area contributed by atoms with Crippen LogP contribution in [0.3, 0.4) is 0 Å². The number of alkyl halides is 3. The van der Waals surface area contributed by atoms with Crippen LogP contribution in [0.1, 0.15) is 29.9 Å². The van der Waals surface area contributed by atoms with Crippen molar-refractivity contribution in [3.63, 3.8) is 0 Å². The van der Waals surface area contributed by atoms with Crippen molar-refractivity contribution in [1.82, 2.24) is 10.6 Å². The van der Waals surface area contributed by atoms with Gasteiger partial charge in [-0.2, -0.15) is 13.2 Å². The molecule has 0 unspecified atom stereocenters. The van der Waals surface area contributed by atoms with Crippen molar-refractivity contribution in [2.45, 2.75) is 31.0 Å². The first-order valence-corrected chi connectivity index (χ1v) is 7.72. The molecule has 0 bridgehead atoms. The van der Waals surface area contributed by atoms with Crippen LogP contribution in [0.15, 0.2) is 18.2 Å². The number of likely N-dealkylation sites (N-methyl/N-ethyl adjacent to an activating group) is 1. The predicted molar refractivity (Wildman–Crippen MR) is 80.1 cm³/mol. The van der Waals surface area contributed by atoms with Gasteiger partial charge in [-0.3, -0.25) is 4.79 Å². The van der Waals surface area contributed by atoms with E-state index in [9.17, 15) is 22.4 Å². The maximum absolute atomic E-state index is 14.2. The fourth-order valence-corrected chi connectivity index (χ4v) is 2.69. The van der Waals surface area contributed by atoms with Gasteiger partial charge in [0.15, 0.2) is 0 Å². The highest BCUT2D eigenvalue weighted by Gasteiger charge is 2.32. The van der Waals surface area contributed by atoms with Crippen LogP contribution in [-0.4, -0.2) is 38.8 Å². The number of carbonyl (C=O) groups is 1. The molecule has 134 valence electrons. The van der Waals surface area contributed by atoms with Gasteiger partial charge in [0.05, 0.1) is 11.5 Å². The van der Waals surface area contributed by atoms with Crippen molar-refractivity contribution in [2.75, 3.05) is 26.8 Å². The number of nitrogens with one attached hydrogen (secondary N) is 2. The molecule has 0 aliphatic carbocycles. The molecule has 1 aromatic carbocycles. The Balaban J connectivity index is 2.16. The van der Waals surface area contributed by atoms with E-state index in [2.05, 4.69) is 10.6 Å². The summed E-state index contributed by atoms with van der Waals surface area (Å²) in [4.78, 5) is 12.1. The van der Waals surface area contributed by atoms with E-state index < -0.39 is 29.4 Å². The largest absolute Gasteiger partial charge is 0.416 e. The molecule has 1 amide bonds. The summed E-state index contributed by atoms with van der Waals surface area (Å²) in [5, 5.41) is 5.61. The summed E-state index contributed by atoms with van der Waals surface area (Å²) in [5.74, 6) is -2.39. The zero-order valence-corrected chi connectivity index (χ0v) is 13.3. The minimum atomic E-state index is -4.62. The Morgan fingerprint density at radius 2 is 2.00 bits per heavy atom. The molecule has 1 saturated heterocycles. The summed E-state index contributed by atoms with van der Waals surface area (Å²) >= 11 is 0. The summed E-state index contributed by atoms with van der Waals surface area (Å²) in [6.07, 6.45) is -3.08. The van der Waals surface area contributed by atoms with E-state index in [1.165, 1.54) is 7.05 Å². The quantitative estimate of drug-likeness (QED) is 0.804. The second kappa shape index (κ2) is 7.94. The number of rotatable bonds is 5. The smallest absolute Gasteiger partial charge is 0.381 e. The summed E-state index contributed by atoms with van der Waals surface area (Å²) < 4.78 is 57.3. The van der Waals surface area contributed by atoms with Gasteiger partial charge in [0, 0.05) is 38.4 Å². The summed E-state index contributed by atoms with van der Waals surface area (Å²) in [6.45, 7) is 1.36. The zero-order valence-electron chi connectivity index (χ0n) is 13.3. The number of halogens is 4. The molecule has 8 heteroatoms. The molecule has 4 nitrogen and oxygen atoms in total. The van der Waals surface area contributed by atoms with Crippen LogP contribution < -0.4 is 10.6 Å². The van der Waals surface area contributed by atoms with E-state index in [-0.39, 0.29) is 18.2 Å². The number of hydrogen-bond donors (Lipinski definition) is 2. The number of hydrogen-bond acceptors (Lipinski definition) is 3. The molecule has 2 rings (SSSR count). The minimum absolute atomic E-state index is 0.0538. The van der Waals surface area contributed by atoms with Crippen LogP contribution in [-0.2, 0) is 15.7 Å². The Labute approximate surface area is 137 Å². The van der Waals surface area contributed by atoms with Crippen LogP contribution in [0.5, 0.6) is 0 Å². The lowest BCUT2D eigenvalue weighted by Crippen LogP contribution is -2.41. The summed E-state index contributed by atoms with van der Waals surface area (Å²) in [6, 6.07) is 2.40. The van der Waals surface area contributed by atoms with Crippen molar-refractivity contribution < 1.29 is 27.1 Å². The molecule has 2 N–H and O–H groups in total. The van der Waals surface area contributed by atoms with Gasteiger partial charge in [0.1, 0.15) is 5.82 Å². The lowest BCUT2D eigenvalue weighted by Gasteiger charge is -2.26. The Bertz CT molecular complexity index is 572. The third kappa shape index (κ3) is 4.67. The molecule has 1 aliphatic heterocycles. The molecule has 0 aromatic heterocycles. The van der Waals surface area contributed by atoms with Crippen LogP contribution in [0, 0.1) is 5.82 Å². The second-order valence-corrected chi connectivity index (χ2v) is 5.70. The monoisotopic (exact) mass is 348 g/mol. The standard InChI is InChI=1S/C16H20F4N2O2/c1-21-15(23)13(9-22-11-4-6-24-7-5-11)12-3-2-10(8-14(12)17)16(18,19)20/h2-3,8,11,13,22H,4-7,9H2,1H3,(H,21,23)/t13-/m1/s1. The van der Waals surface area contributed by atoms with Gasteiger partial charge in [-0.25, -0.2) is 4.39 Å². The Kier molecular flexibility index (Phi) is 6.17. The first kappa shape index (κ1) is 18.7. The molecule has 1 fully saturated rings. The van der Waals surface area contributed by atoms with Crippen molar-refractivity contribution in [3.8, 4) is 0 Å². The molecule has 1 aromatic rings. The fourth-order valence-electron chi connectivity index (χ4n) is 2.69. The molecular weight excluding hydrogens is 328 g/mol. The maximum atomic E-state index is 14.2. The first-order valence-electron chi connectivity index (χ1n) is 7.72. The summed E-state index contributed by atoms with van der Waals surface area (Å²) in [7, 11) is 1.41. The van der Waals surface area contributed by atoms with Crippen molar-refractivity contribution >= 4 is 5.91 Å². The van der Waals surface area contributed by atoms with E-state index in [0.717, 1.165) is 25.0 Å². The van der Waals surface area contributed by atoms with Gasteiger partial charge in [-0.05, 0) is 25.0 Å². The SMILES string of the molecule is CNC(=O)[C@H](CNC1CCOCC1)c1ccc(C(F)(F)F)cc1F. The molecule has 0 saturated carbocycles. The molecule has 1 aliphatic rings. The van der Waals surface area contributed by atoms with Gasteiger partial charge in [-0.15, -0.1) is 0 Å². The Morgan fingerprint density at radius 1 is 1.33 bits per heavy atom. The van der Waals surface area contributed by atoms with Gasteiger partial charge in [-0.1, -0.05) is 6.07 Å². The van der Waals surface area contributed by atoms with Crippen LogP contribution in [0.25, 0.3) is 0 Å². The van der Waals surface area contributed by atoms with Crippen LogP contribution >= 0.6 is 0 Å². The third-order valence-corrected chi connectivity index (χ3v) is 4.10. The molecule has 0 spiro atoms. The lowest BCUT2D eigenvalue weighted by atomic mass is 9.95. The minimum Gasteiger partial charge on any atom is -0.381 e. The highest BCUT2D eigenvalue weighted by Crippen LogP contribution is 2.31. The number of amides is 1. The van der Waals surface area contributed by atoms with Gasteiger partial charge in [0.2, 0.25) is 5.91 Å². The molecule has 0 radical (unpaired) electrons. The fraction of sp³-hybridized carbons (Fsp3) is 0.562. The van der Waals surface area contributed by atoms with E-state index >= 15 is 0 Å². The first-order chi connectivity index (χ1) is 11.3. The van der Waals surface area contributed by atoms with Crippen LogP contribution in [0.2, 0.25) is 0 Å². The van der Waals surface area contributed by atoms with Gasteiger partial charge < -0.3 is 15.4 Å². The predicted octanol–water partition coefficient (Wildman–Crippen LogP) is 2.44. The second-order valence-electron chi connectivity index (χ2n) is 5.70. The van der Waals surface area contributed by atoms with Gasteiger partial charge >= 0.3 is 6.18 Å². The average Bonchev–Trinajstić information content (AvgIpc) is 2.55. The number of ether oxygens (including phenoxy) is 1. The van der Waals surface area contributed by atoms with E-state index in [1.807, 2.05) is 0 Å². The van der Waals surface area contributed by atoms with Crippen molar-refractivity contribution in [3.05, 3.63) is 35.1 Å². The third-order valence-electron chi connectivity index (χ3n) is 4.10. The molecule has 1 atom stereocenters. The molecule has 1 heterocycles. The van der Waals surface area contributed by atoms with E-state index in [0.29, 0.717) is 19.3 Å². The maximum Gasteiger partial charge on any atom is 0.416 e. The number of carbonyl (C=O) groups excluding carboxylic acids is 1. The van der Waals surface area contributed by atoms with Crippen molar-refractivity contribution in [2.24, 2.45) is 0 Å². The zero-order chi connectivity index (χ0) is 17.7. The lowest BCUT2D eigenvalue weighted by molar-refractivity contribution is -0.137. The number of benzene rings is 1. The molecule has 24 heavy (non-hydrogen) atoms. The highest BCUT2D eigenvalue weighted by molar-refractivity contribution is 5.83. The topological polar surface area (TPSA) is 50.4 Å². The Hall–Kier alpha value is -1.67. The van der Waals surface area contributed by atoms with Crippen LogP contribution in [0.4, 0.5) is 17.6 Å². The van der Waals surface area contributed by atoms with E-state index in [4.69, 9.17) is 4.74 Å². The Morgan fingerprint density at radius 3 is 2.54 bits per heavy atom. The van der Waals surface area contributed by atoms with E-state index in [1.54, 1.807) is 0 Å². The molecular formula is C16H20F4N2O2.